The Labute approximate surface area is 87.0 Å². The zero-order valence-corrected chi connectivity index (χ0v) is 9.49. The Morgan fingerprint density at radius 2 is 2.14 bits per heavy atom. The Hall–Kier alpha value is -0.790. The molecule has 1 amide bonds. The molecule has 0 aromatic heterocycles. The maximum Gasteiger partial charge on any atom is 0.246 e. The van der Waals surface area contributed by atoms with Crippen molar-refractivity contribution in [3.63, 3.8) is 0 Å². The summed E-state index contributed by atoms with van der Waals surface area (Å²) in [5, 5.41) is 0. The SMILES string of the molecule is CC=CC(=O)N(C)C1CCCC(C)C1. The number of likely N-dealkylation sites (N-methyl/N-ethyl adjacent to an activating group) is 1. The van der Waals surface area contributed by atoms with E-state index in [0.29, 0.717) is 6.04 Å². The van der Waals surface area contributed by atoms with Crippen LogP contribution in [0, 0.1) is 5.92 Å². The number of hydrogen-bond acceptors (Lipinski definition) is 1. The maximum absolute atomic E-state index is 11.6. The minimum absolute atomic E-state index is 0.145. The minimum atomic E-state index is 0.145. The second kappa shape index (κ2) is 5.18. The van der Waals surface area contributed by atoms with Crippen LogP contribution in [-0.2, 0) is 4.79 Å². The van der Waals surface area contributed by atoms with Crippen LogP contribution in [0.1, 0.15) is 39.5 Å². The Morgan fingerprint density at radius 1 is 1.43 bits per heavy atom. The third-order valence-corrected chi connectivity index (χ3v) is 3.11. The lowest BCUT2D eigenvalue weighted by atomic mass is 9.86. The summed E-state index contributed by atoms with van der Waals surface area (Å²) >= 11 is 0. The average molecular weight is 195 g/mol. The number of hydrogen-bond donors (Lipinski definition) is 0. The van der Waals surface area contributed by atoms with Crippen LogP contribution in [0.3, 0.4) is 0 Å². The average Bonchev–Trinajstić information content (AvgIpc) is 2.17. The summed E-state index contributed by atoms with van der Waals surface area (Å²) in [5.41, 5.74) is 0. The van der Waals surface area contributed by atoms with E-state index >= 15 is 0 Å². The number of allylic oxidation sites excluding steroid dienone is 1. The molecule has 0 heterocycles. The van der Waals surface area contributed by atoms with Crippen LogP contribution in [-0.4, -0.2) is 23.9 Å². The monoisotopic (exact) mass is 195 g/mol. The molecule has 0 bridgehead atoms. The van der Waals surface area contributed by atoms with Crippen molar-refractivity contribution in [1.82, 2.24) is 4.90 Å². The van der Waals surface area contributed by atoms with E-state index in [-0.39, 0.29) is 5.91 Å². The van der Waals surface area contributed by atoms with Gasteiger partial charge in [-0.2, -0.15) is 0 Å². The highest BCUT2D eigenvalue weighted by Gasteiger charge is 2.23. The van der Waals surface area contributed by atoms with E-state index in [9.17, 15) is 4.79 Å². The molecular formula is C12H21NO. The minimum Gasteiger partial charge on any atom is -0.339 e. The van der Waals surface area contributed by atoms with E-state index in [1.807, 2.05) is 24.9 Å². The molecule has 1 rings (SSSR count). The van der Waals surface area contributed by atoms with E-state index in [4.69, 9.17) is 0 Å². The van der Waals surface area contributed by atoms with Crippen LogP contribution in [0.2, 0.25) is 0 Å². The molecule has 1 saturated carbocycles. The van der Waals surface area contributed by atoms with Gasteiger partial charge in [0.15, 0.2) is 0 Å². The first-order valence-electron chi connectivity index (χ1n) is 5.54. The van der Waals surface area contributed by atoms with Crippen molar-refractivity contribution in [3.8, 4) is 0 Å². The highest BCUT2D eigenvalue weighted by atomic mass is 16.2. The number of carbonyl (C=O) groups excluding carboxylic acids is 1. The first-order chi connectivity index (χ1) is 6.65. The van der Waals surface area contributed by atoms with Gasteiger partial charge in [0.25, 0.3) is 0 Å². The molecule has 2 unspecified atom stereocenters. The Morgan fingerprint density at radius 3 is 2.71 bits per heavy atom. The molecule has 2 nitrogen and oxygen atoms in total. The van der Waals surface area contributed by atoms with Gasteiger partial charge < -0.3 is 4.90 Å². The molecular weight excluding hydrogens is 174 g/mol. The summed E-state index contributed by atoms with van der Waals surface area (Å²) in [6.07, 6.45) is 8.38. The van der Waals surface area contributed by atoms with Gasteiger partial charge in [0.2, 0.25) is 5.91 Å². The van der Waals surface area contributed by atoms with Gasteiger partial charge in [0.1, 0.15) is 0 Å². The van der Waals surface area contributed by atoms with Crippen molar-refractivity contribution in [3.05, 3.63) is 12.2 Å². The fourth-order valence-electron chi connectivity index (χ4n) is 2.19. The second-order valence-corrected chi connectivity index (χ2v) is 4.37. The van der Waals surface area contributed by atoms with Crippen LogP contribution >= 0.6 is 0 Å². The second-order valence-electron chi connectivity index (χ2n) is 4.37. The van der Waals surface area contributed by atoms with E-state index in [0.717, 1.165) is 5.92 Å². The predicted octanol–water partition coefficient (Wildman–Crippen LogP) is 2.60. The molecule has 14 heavy (non-hydrogen) atoms. The first kappa shape index (κ1) is 11.3. The fraction of sp³-hybridized carbons (Fsp3) is 0.750. The molecule has 0 saturated heterocycles. The number of carbonyl (C=O) groups is 1. The Balaban J connectivity index is 2.50. The number of amides is 1. The molecule has 0 radical (unpaired) electrons. The van der Waals surface area contributed by atoms with Crippen LogP contribution < -0.4 is 0 Å². The van der Waals surface area contributed by atoms with Crippen molar-refractivity contribution in [2.45, 2.75) is 45.6 Å². The zero-order chi connectivity index (χ0) is 10.6. The smallest absolute Gasteiger partial charge is 0.246 e. The van der Waals surface area contributed by atoms with Gasteiger partial charge in [-0.05, 0) is 31.8 Å². The molecule has 0 aliphatic heterocycles. The van der Waals surface area contributed by atoms with Crippen molar-refractivity contribution < 1.29 is 4.79 Å². The van der Waals surface area contributed by atoms with Gasteiger partial charge in [-0.3, -0.25) is 4.79 Å². The topological polar surface area (TPSA) is 20.3 Å². The predicted molar refractivity (Wildman–Crippen MR) is 59.0 cm³/mol. The van der Waals surface area contributed by atoms with Crippen molar-refractivity contribution in [2.24, 2.45) is 5.92 Å². The van der Waals surface area contributed by atoms with Crippen LogP contribution in [0.4, 0.5) is 0 Å². The van der Waals surface area contributed by atoms with Crippen molar-refractivity contribution in [1.29, 1.82) is 0 Å². The van der Waals surface area contributed by atoms with E-state index in [2.05, 4.69) is 6.92 Å². The van der Waals surface area contributed by atoms with Crippen LogP contribution in [0.5, 0.6) is 0 Å². The number of nitrogens with zero attached hydrogens (tertiary/aromatic N) is 1. The van der Waals surface area contributed by atoms with E-state index < -0.39 is 0 Å². The molecule has 1 fully saturated rings. The van der Waals surface area contributed by atoms with Crippen molar-refractivity contribution >= 4 is 5.91 Å². The summed E-state index contributed by atoms with van der Waals surface area (Å²) in [6, 6.07) is 0.461. The largest absolute Gasteiger partial charge is 0.339 e. The van der Waals surface area contributed by atoms with Gasteiger partial charge in [-0.25, -0.2) is 0 Å². The lowest BCUT2D eigenvalue weighted by Gasteiger charge is -2.33. The third-order valence-electron chi connectivity index (χ3n) is 3.11. The Bertz CT molecular complexity index is 222. The highest BCUT2D eigenvalue weighted by molar-refractivity contribution is 5.87. The summed E-state index contributed by atoms with van der Waals surface area (Å²) in [6.45, 7) is 4.16. The van der Waals surface area contributed by atoms with Crippen LogP contribution in [0.25, 0.3) is 0 Å². The molecule has 2 heteroatoms. The molecule has 0 aromatic rings. The normalized spacial score (nSPS) is 27.9. The van der Waals surface area contributed by atoms with Crippen LogP contribution in [0.15, 0.2) is 12.2 Å². The third kappa shape index (κ3) is 2.86. The Kier molecular flexibility index (Phi) is 4.18. The van der Waals surface area contributed by atoms with Gasteiger partial charge >= 0.3 is 0 Å². The zero-order valence-electron chi connectivity index (χ0n) is 9.49. The summed E-state index contributed by atoms with van der Waals surface area (Å²) in [4.78, 5) is 13.5. The number of rotatable bonds is 2. The molecule has 80 valence electrons. The summed E-state index contributed by atoms with van der Waals surface area (Å²) in [7, 11) is 1.92. The quantitative estimate of drug-likeness (QED) is 0.620. The fourth-order valence-corrected chi connectivity index (χ4v) is 2.19. The molecule has 0 spiro atoms. The molecule has 0 aromatic carbocycles. The molecule has 0 N–H and O–H groups in total. The molecule has 1 aliphatic carbocycles. The van der Waals surface area contributed by atoms with E-state index in [1.165, 1.54) is 25.7 Å². The highest BCUT2D eigenvalue weighted by Crippen LogP contribution is 2.26. The van der Waals surface area contributed by atoms with Gasteiger partial charge in [0.05, 0.1) is 0 Å². The molecule has 2 atom stereocenters. The summed E-state index contributed by atoms with van der Waals surface area (Å²) < 4.78 is 0. The lowest BCUT2D eigenvalue weighted by molar-refractivity contribution is -0.127. The van der Waals surface area contributed by atoms with E-state index in [1.54, 1.807) is 6.08 Å². The van der Waals surface area contributed by atoms with Gasteiger partial charge in [-0.15, -0.1) is 0 Å². The summed E-state index contributed by atoms with van der Waals surface area (Å²) in [5.74, 6) is 0.918. The first-order valence-corrected chi connectivity index (χ1v) is 5.54. The maximum atomic E-state index is 11.6. The van der Waals surface area contributed by atoms with Gasteiger partial charge in [0, 0.05) is 13.1 Å². The lowest BCUT2D eigenvalue weighted by Crippen LogP contribution is -2.38. The standard InChI is InChI=1S/C12H21NO/c1-4-6-12(14)13(3)11-8-5-7-10(2)9-11/h4,6,10-11H,5,7-9H2,1-3H3. The van der Waals surface area contributed by atoms with Gasteiger partial charge in [-0.1, -0.05) is 25.8 Å². The molecule has 1 aliphatic rings. The van der Waals surface area contributed by atoms with Crippen molar-refractivity contribution in [2.75, 3.05) is 7.05 Å².